The van der Waals surface area contributed by atoms with Crippen LogP contribution in [-0.2, 0) is 4.79 Å². The molecule has 0 fully saturated rings. The second-order valence-corrected chi connectivity index (χ2v) is 5.04. The molecule has 0 bridgehead atoms. The van der Waals surface area contributed by atoms with E-state index in [1.807, 2.05) is 0 Å². The van der Waals surface area contributed by atoms with E-state index < -0.39 is 5.41 Å². The van der Waals surface area contributed by atoms with Crippen LogP contribution in [0.2, 0.25) is 0 Å². The summed E-state index contributed by atoms with van der Waals surface area (Å²) in [6.45, 7) is 10.1. The van der Waals surface area contributed by atoms with Crippen molar-refractivity contribution in [2.45, 2.75) is 34.6 Å². The van der Waals surface area contributed by atoms with Crippen molar-refractivity contribution < 1.29 is 10.0 Å². The number of nitrogens with zero attached hydrogens (tertiary/aromatic N) is 1. The Morgan fingerprint density at radius 3 is 2.31 bits per heavy atom. The highest BCUT2D eigenvalue weighted by atomic mass is 16.4. The number of carbonyl (C=O) groups excluding carboxylic acids is 1. The minimum atomic E-state index is -0.981. The molecule has 0 spiro atoms. The molecular formula is C11H23N3O2. The molecule has 0 aromatic rings. The molecule has 0 radical (unpaired) electrons. The molecule has 0 saturated carbocycles. The van der Waals surface area contributed by atoms with E-state index in [2.05, 4.69) is 31.2 Å². The number of oxime groups is 1. The molecule has 0 saturated heterocycles. The molecule has 1 atom stereocenters. The van der Waals surface area contributed by atoms with Crippen molar-refractivity contribution in [3.05, 3.63) is 0 Å². The maximum atomic E-state index is 11.8. The fourth-order valence-corrected chi connectivity index (χ4v) is 0.952. The van der Waals surface area contributed by atoms with Gasteiger partial charge in [0.25, 0.3) is 0 Å². The SMILES string of the molecule is CC(C)C(C)CNC(=O)C(C)(C)C(N)=NO. The fourth-order valence-electron chi connectivity index (χ4n) is 0.952. The molecule has 0 aliphatic heterocycles. The van der Waals surface area contributed by atoms with Crippen LogP contribution in [0.1, 0.15) is 34.6 Å². The lowest BCUT2D eigenvalue weighted by Crippen LogP contribution is -2.47. The van der Waals surface area contributed by atoms with E-state index in [-0.39, 0.29) is 11.7 Å². The topological polar surface area (TPSA) is 87.7 Å². The van der Waals surface area contributed by atoms with Gasteiger partial charge in [-0.3, -0.25) is 4.79 Å². The summed E-state index contributed by atoms with van der Waals surface area (Å²) in [5.41, 5.74) is 4.48. The van der Waals surface area contributed by atoms with E-state index in [4.69, 9.17) is 10.9 Å². The molecule has 0 aliphatic rings. The zero-order chi connectivity index (χ0) is 12.9. The molecular weight excluding hydrogens is 206 g/mol. The van der Waals surface area contributed by atoms with Gasteiger partial charge in [0.2, 0.25) is 5.91 Å². The number of hydrogen-bond acceptors (Lipinski definition) is 3. The van der Waals surface area contributed by atoms with Gasteiger partial charge in [-0.2, -0.15) is 0 Å². The first kappa shape index (κ1) is 14.7. The lowest BCUT2D eigenvalue weighted by Gasteiger charge is -2.24. The van der Waals surface area contributed by atoms with Crippen LogP contribution in [0, 0.1) is 17.3 Å². The molecule has 1 amide bonds. The highest BCUT2D eigenvalue weighted by molar-refractivity contribution is 6.05. The average Bonchev–Trinajstić information content (AvgIpc) is 2.23. The third-order valence-electron chi connectivity index (χ3n) is 3.04. The highest BCUT2D eigenvalue weighted by Crippen LogP contribution is 2.16. The van der Waals surface area contributed by atoms with Crippen molar-refractivity contribution in [2.75, 3.05) is 6.54 Å². The van der Waals surface area contributed by atoms with Gasteiger partial charge in [0.15, 0.2) is 5.84 Å². The zero-order valence-electron chi connectivity index (χ0n) is 10.7. The van der Waals surface area contributed by atoms with Crippen molar-refractivity contribution in [3.63, 3.8) is 0 Å². The summed E-state index contributed by atoms with van der Waals surface area (Å²) in [5, 5.41) is 14.3. The van der Waals surface area contributed by atoms with Gasteiger partial charge in [-0.05, 0) is 25.7 Å². The van der Waals surface area contributed by atoms with E-state index in [9.17, 15) is 4.79 Å². The first-order valence-electron chi connectivity index (χ1n) is 5.49. The van der Waals surface area contributed by atoms with Gasteiger partial charge in [0, 0.05) is 6.54 Å². The predicted molar refractivity (Wildman–Crippen MR) is 64.2 cm³/mol. The van der Waals surface area contributed by atoms with E-state index in [0.29, 0.717) is 18.4 Å². The molecule has 0 rings (SSSR count). The molecule has 0 aromatic heterocycles. The Labute approximate surface area is 97.1 Å². The summed E-state index contributed by atoms with van der Waals surface area (Å²) in [6, 6.07) is 0. The largest absolute Gasteiger partial charge is 0.409 e. The van der Waals surface area contributed by atoms with Crippen LogP contribution in [0.5, 0.6) is 0 Å². The van der Waals surface area contributed by atoms with Crippen LogP contribution in [0.3, 0.4) is 0 Å². The van der Waals surface area contributed by atoms with Crippen LogP contribution >= 0.6 is 0 Å². The number of rotatable bonds is 5. The number of hydrogen-bond donors (Lipinski definition) is 3. The maximum Gasteiger partial charge on any atom is 0.233 e. The third-order valence-corrected chi connectivity index (χ3v) is 3.04. The Kier molecular flexibility index (Phi) is 5.27. The number of nitrogens with one attached hydrogen (secondary N) is 1. The van der Waals surface area contributed by atoms with Crippen LogP contribution in [0.15, 0.2) is 5.16 Å². The van der Waals surface area contributed by atoms with Gasteiger partial charge in [-0.25, -0.2) is 0 Å². The number of nitrogens with two attached hydrogens (primary N) is 1. The monoisotopic (exact) mass is 229 g/mol. The van der Waals surface area contributed by atoms with Gasteiger partial charge >= 0.3 is 0 Å². The summed E-state index contributed by atoms with van der Waals surface area (Å²) in [6.07, 6.45) is 0. The minimum Gasteiger partial charge on any atom is -0.409 e. The van der Waals surface area contributed by atoms with Crippen LogP contribution in [-0.4, -0.2) is 23.5 Å². The Bertz CT molecular complexity index is 272. The number of amidine groups is 1. The summed E-state index contributed by atoms with van der Waals surface area (Å²) in [7, 11) is 0. The third kappa shape index (κ3) is 3.72. The van der Waals surface area contributed by atoms with Crippen molar-refractivity contribution in [1.82, 2.24) is 5.32 Å². The lowest BCUT2D eigenvalue weighted by molar-refractivity contribution is -0.126. The highest BCUT2D eigenvalue weighted by Gasteiger charge is 2.32. The lowest BCUT2D eigenvalue weighted by atomic mass is 9.90. The van der Waals surface area contributed by atoms with Crippen molar-refractivity contribution in [3.8, 4) is 0 Å². The number of carbonyl (C=O) groups is 1. The van der Waals surface area contributed by atoms with E-state index in [1.54, 1.807) is 13.8 Å². The molecule has 1 unspecified atom stereocenters. The van der Waals surface area contributed by atoms with Gasteiger partial charge in [-0.1, -0.05) is 25.9 Å². The normalized spacial score (nSPS) is 15.0. The second-order valence-electron chi connectivity index (χ2n) is 5.04. The van der Waals surface area contributed by atoms with Gasteiger partial charge in [0.1, 0.15) is 5.41 Å². The predicted octanol–water partition coefficient (Wildman–Crippen LogP) is 1.17. The Hall–Kier alpha value is -1.26. The molecule has 0 heterocycles. The molecule has 0 aromatic carbocycles. The Balaban J connectivity index is 4.37. The summed E-state index contributed by atoms with van der Waals surface area (Å²) >= 11 is 0. The molecule has 5 heteroatoms. The summed E-state index contributed by atoms with van der Waals surface area (Å²) in [4.78, 5) is 11.8. The van der Waals surface area contributed by atoms with Crippen molar-refractivity contribution in [1.29, 1.82) is 0 Å². The van der Waals surface area contributed by atoms with Crippen LogP contribution in [0.4, 0.5) is 0 Å². The standard InChI is InChI=1S/C11H23N3O2/c1-7(2)8(3)6-13-10(15)11(4,5)9(12)14-16/h7-8,16H,6H2,1-5H3,(H2,12,14)(H,13,15). The van der Waals surface area contributed by atoms with E-state index >= 15 is 0 Å². The minimum absolute atomic E-state index is 0.0813. The molecule has 4 N–H and O–H groups in total. The van der Waals surface area contributed by atoms with Gasteiger partial charge < -0.3 is 16.3 Å². The van der Waals surface area contributed by atoms with Crippen LogP contribution in [0.25, 0.3) is 0 Å². The summed E-state index contributed by atoms with van der Waals surface area (Å²) < 4.78 is 0. The Morgan fingerprint density at radius 1 is 1.44 bits per heavy atom. The summed E-state index contributed by atoms with van der Waals surface area (Å²) in [5.74, 6) is 0.594. The van der Waals surface area contributed by atoms with Crippen molar-refractivity contribution >= 4 is 11.7 Å². The van der Waals surface area contributed by atoms with Gasteiger partial charge in [0.05, 0.1) is 0 Å². The quantitative estimate of drug-likeness (QED) is 0.286. The zero-order valence-corrected chi connectivity index (χ0v) is 10.7. The first-order valence-corrected chi connectivity index (χ1v) is 5.49. The smallest absolute Gasteiger partial charge is 0.233 e. The molecule has 94 valence electrons. The van der Waals surface area contributed by atoms with Crippen molar-refractivity contribution in [2.24, 2.45) is 28.1 Å². The molecule has 16 heavy (non-hydrogen) atoms. The van der Waals surface area contributed by atoms with Crippen LogP contribution < -0.4 is 11.1 Å². The molecule has 0 aliphatic carbocycles. The maximum absolute atomic E-state index is 11.8. The van der Waals surface area contributed by atoms with E-state index in [0.717, 1.165) is 0 Å². The average molecular weight is 229 g/mol. The van der Waals surface area contributed by atoms with Gasteiger partial charge in [-0.15, -0.1) is 0 Å². The molecule has 5 nitrogen and oxygen atoms in total. The fraction of sp³-hybridized carbons (Fsp3) is 0.818. The first-order chi connectivity index (χ1) is 7.23. The Morgan fingerprint density at radius 2 is 1.94 bits per heavy atom. The van der Waals surface area contributed by atoms with E-state index in [1.165, 1.54) is 0 Å². The second kappa shape index (κ2) is 5.72. The number of amides is 1.